The maximum Gasteiger partial charge on any atom is 0.435 e. The van der Waals surface area contributed by atoms with E-state index in [4.69, 9.17) is 0 Å². The molecule has 0 saturated heterocycles. The minimum atomic E-state index is -4.52. The Labute approximate surface area is 53.9 Å². The number of allylic oxidation sites excluding steroid dienone is 1. The van der Waals surface area contributed by atoms with Gasteiger partial charge in [-0.05, 0) is 17.2 Å². The standard InChI is InChI=1S/C3ClF3S/c4-2(1-8)3(5,6)7. The van der Waals surface area contributed by atoms with Crippen LogP contribution in [0.15, 0.2) is 5.03 Å². The molecule has 0 aromatic heterocycles. The summed E-state index contributed by atoms with van der Waals surface area (Å²) >= 11 is 8.30. The van der Waals surface area contributed by atoms with Crippen molar-refractivity contribution in [3.05, 3.63) is 5.03 Å². The van der Waals surface area contributed by atoms with Gasteiger partial charge in [0, 0.05) is 0 Å². The molecule has 0 amide bonds. The zero-order chi connectivity index (χ0) is 6.78. The molecule has 5 heteroatoms. The van der Waals surface area contributed by atoms with E-state index >= 15 is 0 Å². The summed E-state index contributed by atoms with van der Waals surface area (Å²) in [6, 6.07) is 0. The first-order valence-corrected chi connectivity index (χ1v) is 2.25. The summed E-state index contributed by atoms with van der Waals surface area (Å²) in [5, 5.41) is -0.0367. The molecule has 0 radical (unpaired) electrons. The smallest absolute Gasteiger partial charge is 0.165 e. The fourth-order valence-electron chi connectivity index (χ4n) is 0.0579. The van der Waals surface area contributed by atoms with E-state index in [-0.39, 0.29) is 0 Å². The average molecular weight is 161 g/mol. The average Bonchev–Trinajstić information content (AvgIpc) is 1.62. The zero-order valence-corrected chi connectivity index (χ0v) is 4.99. The molecule has 0 aromatic rings. The third kappa shape index (κ3) is 2.31. The number of alkyl halides is 3. The molecule has 0 aliphatic heterocycles. The van der Waals surface area contributed by atoms with E-state index < -0.39 is 11.2 Å². The molecular formula is C3ClF3S. The van der Waals surface area contributed by atoms with Crippen molar-refractivity contribution < 1.29 is 13.2 Å². The van der Waals surface area contributed by atoms with Gasteiger partial charge in [-0.2, -0.15) is 13.2 Å². The molecule has 0 fully saturated rings. The highest BCUT2D eigenvalue weighted by Gasteiger charge is 2.32. The summed E-state index contributed by atoms with van der Waals surface area (Å²) in [6.45, 7) is 0. The molecule has 0 saturated carbocycles. The van der Waals surface area contributed by atoms with E-state index in [0.717, 1.165) is 0 Å². The fraction of sp³-hybridized carbons (Fsp3) is 0.333. The summed E-state index contributed by atoms with van der Waals surface area (Å²) < 4.78 is 33.5. The Morgan fingerprint density at radius 1 is 1.50 bits per heavy atom. The van der Waals surface area contributed by atoms with Crippen LogP contribution >= 0.6 is 23.8 Å². The molecule has 0 nitrogen and oxygen atoms in total. The summed E-state index contributed by atoms with van der Waals surface area (Å²) in [6.07, 6.45) is -4.52. The van der Waals surface area contributed by atoms with Crippen LogP contribution in [-0.4, -0.2) is 11.2 Å². The Bertz CT molecular complexity index is 132. The van der Waals surface area contributed by atoms with Gasteiger partial charge >= 0.3 is 6.18 Å². The minimum absolute atomic E-state index is 1.35. The number of thiocarbonyl (C=S) groups is 1. The predicted molar refractivity (Wildman–Crippen MR) is 28.0 cm³/mol. The van der Waals surface area contributed by atoms with E-state index in [0.29, 0.717) is 0 Å². The Balaban J connectivity index is 4.26. The largest absolute Gasteiger partial charge is 0.435 e. The first-order valence-electron chi connectivity index (χ1n) is 1.46. The zero-order valence-electron chi connectivity index (χ0n) is 3.42. The fourth-order valence-corrected chi connectivity index (χ4v) is 0.174. The van der Waals surface area contributed by atoms with Crippen molar-refractivity contribution in [2.24, 2.45) is 0 Å². The topological polar surface area (TPSA) is 0 Å². The maximum atomic E-state index is 11.2. The second-order valence-corrected chi connectivity index (χ2v) is 1.50. The molecule has 8 heavy (non-hydrogen) atoms. The lowest BCUT2D eigenvalue weighted by Gasteiger charge is -1.97. The van der Waals surface area contributed by atoms with E-state index in [1.807, 2.05) is 0 Å². The highest BCUT2D eigenvalue weighted by molar-refractivity contribution is 7.78. The summed E-state index contributed by atoms with van der Waals surface area (Å²) in [7, 11) is 0. The first-order chi connectivity index (χ1) is 3.48. The van der Waals surface area contributed by atoms with Gasteiger partial charge in [0.15, 0.2) is 5.03 Å². The van der Waals surface area contributed by atoms with Crippen molar-refractivity contribution in [1.29, 1.82) is 0 Å². The normalized spacial score (nSPS) is 10.5. The van der Waals surface area contributed by atoms with Crippen LogP contribution in [0.25, 0.3) is 0 Å². The van der Waals surface area contributed by atoms with Crippen LogP contribution in [0.4, 0.5) is 13.2 Å². The number of hydrogen-bond donors (Lipinski definition) is 0. The summed E-state index contributed by atoms with van der Waals surface area (Å²) in [5.41, 5.74) is 0. The van der Waals surface area contributed by atoms with Crippen molar-refractivity contribution in [2.75, 3.05) is 0 Å². The molecule has 0 atom stereocenters. The lowest BCUT2D eigenvalue weighted by Crippen LogP contribution is -2.06. The second-order valence-electron chi connectivity index (χ2n) is 0.914. The monoisotopic (exact) mass is 160 g/mol. The Morgan fingerprint density at radius 2 is 1.88 bits per heavy atom. The molecule has 46 valence electrons. The first kappa shape index (κ1) is 7.95. The van der Waals surface area contributed by atoms with Gasteiger partial charge in [-0.25, -0.2) is 0 Å². The van der Waals surface area contributed by atoms with Crippen LogP contribution < -0.4 is 0 Å². The predicted octanol–water partition coefficient (Wildman–Crippen LogP) is 2.27. The van der Waals surface area contributed by atoms with Crippen LogP contribution in [-0.2, 0) is 0 Å². The van der Waals surface area contributed by atoms with Gasteiger partial charge in [-0.15, -0.1) is 0 Å². The van der Waals surface area contributed by atoms with E-state index in [2.05, 4.69) is 23.8 Å². The van der Waals surface area contributed by atoms with E-state index in [9.17, 15) is 13.2 Å². The van der Waals surface area contributed by atoms with Crippen molar-refractivity contribution in [1.82, 2.24) is 0 Å². The van der Waals surface area contributed by atoms with Crippen LogP contribution in [0.3, 0.4) is 0 Å². The quantitative estimate of drug-likeness (QED) is 0.490. The van der Waals surface area contributed by atoms with Crippen LogP contribution in [0.2, 0.25) is 0 Å². The molecule has 0 aromatic carbocycles. The Kier molecular flexibility index (Phi) is 2.47. The Hall–Kier alpha value is -0.0500. The van der Waals surface area contributed by atoms with Crippen LogP contribution in [0, 0.1) is 0 Å². The van der Waals surface area contributed by atoms with Crippen molar-refractivity contribution in [2.45, 2.75) is 6.18 Å². The van der Waals surface area contributed by atoms with Gasteiger partial charge in [0.1, 0.15) is 0 Å². The molecule has 0 spiro atoms. The van der Waals surface area contributed by atoms with Gasteiger partial charge in [-0.1, -0.05) is 11.6 Å². The minimum Gasteiger partial charge on any atom is -0.165 e. The SMILES string of the molecule is FC(F)(F)C(Cl)=C=S. The maximum absolute atomic E-state index is 11.2. The molecule has 0 aliphatic rings. The lowest BCUT2D eigenvalue weighted by molar-refractivity contribution is -0.0830. The lowest BCUT2D eigenvalue weighted by atomic mass is 10.6. The molecule has 0 heterocycles. The van der Waals surface area contributed by atoms with Crippen LogP contribution in [0.1, 0.15) is 0 Å². The number of halogens is 4. The second kappa shape index (κ2) is 2.49. The molecule has 0 bridgehead atoms. The molecule has 0 rings (SSSR count). The molecule has 0 unspecified atom stereocenters. The van der Waals surface area contributed by atoms with Gasteiger partial charge in [0.05, 0.1) is 0 Å². The molecular weight excluding hydrogens is 161 g/mol. The molecule has 0 N–H and O–H groups in total. The summed E-state index contributed by atoms with van der Waals surface area (Å²) in [4.78, 5) is 0. The van der Waals surface area contributed by atoms with Gasteiger partial charge in [0.25, 0.3) is 0 Å². The number of rotatable bonds is 0. The van der Waals surface area contributed by atoms with Crippen LogP contribution in [0.5, 0.6) is 0 Å². The van der Waals surface area contributed by atoms with Gasteiger partial charge < -0.3 is 0 Å². The molecule has 0 aliphatic carbocycles. The third-order valence-electron chi connectivity index (χ3n) is 0.338. The number of hydrogen-bond acceptors (Lipinski definition) is 1. The highest BCUT2D eigenvalue weighted by atomic mass is 35.5. The third-order valence-corrected chi connectivity index (χ3v) is 0.963. The highest BCUT2D eigenvalue weighted by Crippen LogP contribution is 2.25. The van der Waals surface area contributed by atoms with E-state index in [1.165, 1.54) is 5.02 Å². The van der Waals surface area contributed by atoms with Gasteiger partial charge in [0.2, 0.25) is 0 Å². The van der Waals surface area contributed by atoms with Crippen molar-refractivity contribution in [3.63, 3.8) is 0 Å². The van der Waals surface area contributed by atoms with Crippen molar-refractivity contribution in [3.8, 4) is 0 Å². The van der Waals surface area contributed by atoms with Gasteiger partial charge in [-0.3, -0.25) is 0 Å². The Morgan fingerprint density at radius 3 is 1.88 bits per heavy atom. The van der Waals surface area contributed by atoms with Crippen molar-refractivity contribution >= 4 is 28.8 Å². The van der Waals surface area contributed by atoms with E-state index in [1.54, 1.807) is 0 Å². The summed E-state index contributed by atoms with van der Waals surface area (Å²) in [5.74, 6) is 0.